The molecule has 0 spiro atoms. The van der Waals surface area contributed by atoms with Gasteiger partial charge < -0.3 is 0 Å². The van der Waals surface area contributed by atoms with Gasteiger partial charge in [0.05, 0.1) is 5.69 Å². The molecule has 0 aliphatic rings. The fourth-order valence-electron chi connectivity index (χ4n) is 2.38. The predicted molar refractivity (Wildman–Crippen MR) is 82.5 cm³/mol. The molecule has 0 fully saturated rings. The summed E-state index contributed by atoms with van der Waals surface area (Å²) in [6.07, 6.45) is 12.2. The van der Waals surface area contributed by atoms with Crippen LogP contribution in [0.25, 0.3) is 11.3 Å². The molecule has 2 aromatic rings. The van der Waals surface area contributed by atoms with Crippen LogP contribution < -0.4 is 0 Å². The molecular formula is C17H23N3. The van der Waals surface area contributed by atoms with E-state index in [2.05, 4.69) is 34.9 Å². The minimum Gasteiger partial charge on any atom is -0.264 e. The van der Waals surface area contributed by atoms with E-state index in [-0.39, 0.29) is 0 Å². The smallest absolute Gasteiger partial charge is 0.116 e. The van der Waals surface area contributed by atoms with Crippen LogP contribution in [0.1, 0.15) is 50.8 Å². The van der Waals surface area contributed by atoms with Crippen molar-refractivity contribution < 1.29 is 0 Å². The number of aromatic nitrogens is 3. The largest absolute Gasteiger partial charge is 0.264 e. The molecule has 0 aliphatic carbocycles. The van der Waals surface area contributed by atoms with Crippen LogP contribution in [0.4, 0.5) is 0 Å². The maximum absolute atomic E-state index is 4.52. The minimum atomic E-state index is 1.05. The van der Waals surface area contributed by atoms with Crippen LogP contribution in [0.2, 0.25) is 0 Å². The molecule has 106 valence electrons. The van der Waals surface area contributed by atoms with Crippen molar-refractivity contribution in [1.29, 1.82) is 0 Å². The molecule has 2 heterocycles. The summed E-state index contributed by atoms with van der Waals surface area (Å²) in [5, 5.41) is 0. The lowest BCUT2D eigenvalue weighted by Gasteiger charge is -2.12. The van der Waals surface area contributed by atoms with E-state index in [0.29, 0.717) is 0 Å². The molecule has 0 N–H and O–H groups in total. The third-order valence-corrected chi connectivity index (χ3v) is 3.52. The van der Waals surface area contributed by atoms with Gasteiger partial charge in [0, 0.05) is 29.2 Å². The van der Waals surface area contributed by atoms with Crippen molar-refractivity contribution >= 4 is 0 Å². The summed E-state index contributed by atoms with van der Waals surface area (Å²) in [7, 11) is 0. The third-order valence-electron chi connectivity index (χ3n) is 3.52. The zero-order valence-electron chi connectivity index (χ0n) is 12.5. The van der Waals surface area contributed by atoms with Crippen molar-refractivity contribution in [2.24, 2.45) is 0 Å². The van der Waals surface area contributed by atoms with E-state index in [1.54, 1.807) is 12.5 Å². The highest BCUT2D eigenvalue weighted by Crippen LogP contribution is 2.24. The molecule has 0 aromatic carbocycles. The second kappa shape index (κ2) is 7.73. The molecule has 3 heteroatoms. The Balaban J connectivity index is 2.39. The summed E-state index contributed by atoms with van der Waals surface area (Å²) in [5.41, 5.74) is 4.69. The summed E-state index contributed by atoms with van der Waals surface area (Å²) < 4.78 is 0. The molecular weight excluding hydrogens is 246 g/mol. The van der Waals surface area contributed by atoms with Gasteiger partial charge in [0.1, 0.15) is 6.33 Å². The van der Waals surface area contributed by atoms with Crippen molar-refractivity contribution in [3.63, 3.8) is 0 Å². The fraction of sp³-hybridized carbons (Fsp3) is 0.471. The number of hydrogen-bond acceptors (Lipinski definition) is 3. The van der Waals surface area contributed by atoms with Gasteiger partial charge in [-0.3, -0.25) is 4.98 Å². The van der Waals surface area contributed by atoms with E-state index in [9.17, 15) is 0 Å². The second-order valence-corrected chi connectivity index (χ2v) is 5.10. The summed E-state index contributed by atoms with van der Waals surface area (Å²) in [5.74, 6) is 0. The van der Waals surface area contributed by atoms with Gasteiger partial charge in [0.2, 0.25) is 0 Å². The zero-order valence-corrected chi connectivity index (χ0v) is 12.5. The maximum atomic E-state index is 4.52. The standard InChI is InChI=1S/C17H23N3/c1-3-5-9-15-16(10-6-4-2)19-13-20-17(15)14-8-7-11-18-12-14/h7-8,11-13H,3-6,9-10H2,1-2H3. The number of nitrogens with zero attached hydrogens (tertiary/aromatic N) is 3. The molecule has 3 nitrogen and oxygen atoms in total. The zero-order chi connectivity index (χ0) is 14.2. The maximum Gasteiger partial charge on any atom is 0.116 e. The van der Waals surface area contributed by atoms with Gasteiger partial charge >= 0.3 is 0 Å². The van der Waals surface area contributed by atoms with Crippen LogP contribution >= 0.6 is 0 Å². The molecule has 2 rings (SSSR count). The summed E-state index contributed by atoms with van der Waals surface area (Å²) >= 11 is 0. The third kappa shape index (κ3) is 3.62. The monoisotopic (exact) mass is 269 g/mol. The molecule has 2 aromatic heterocycles. The van der Waals surface area contributed by atoms with Crippen LogP contribution in [0.3, 0.4) is 0 Å². The quantitative estimate of drug-likeness (QED) is 0.755. The Labute approximate surface area is 121 Å². The number of unbranched alkanes of at least 4 members (excludes halogenated alkanes) is 2. The molecule has 0 aliphatic heterocycles. The summed E-state index contributed by atoms with van der Waals surface area (Å²) in [6.45, 7) is 4.44. The first-order valence-corrected chi connectivity index (χ1v) is 7.60. The minimum absolute atomic E-state index is 1.05. The fourth-order valence-corrected chi connectivity index (χ4v) is 2.38. The van der Waals surface area contributed by atoms with Gasteiger partial charge in [0.15, 0.2) is 0 Å². The Morgan fingerprint density at radius 3 is 2.50 bits per heavy atom. The van der Waals surface area contributed by atoms with E-state index in [0.717, 1.165) is 24.1 Å². The van der Waals surface area contributed by atoms with E-state index >= 15 is 0 Å². The summed E-state index contributed by atoms with van der Waals surface area (Å²) in [6, 6.07) is 4.04. The first kappa shape index (κ1) is 14.6. The average molecular weight is 269 g/mol. The molecule has 0 saturated heterocycles. The van der Waals surface area contributed by atoms with Gasteiger partial charge in [-0.2, -0.15) is 0 Å². The van der Waals surface area contributed by atoms with Crippen LogP contribution in [-0.4, -0.2) is 15.0 Å². The van der Waals surface area contributed by atoms with Gasteiger partial charge in [-0.15, -0.1) is 0 Å². The van der Waals surface area contributed by atoms with Crippen molar-refractivity contribution in [3.8, 4) is 11.3 Å². The van der Waals surface area contributed by atoms with Crippen LogP contribution in [0.5, 0.6) is 0 Å². The van der Waals surface area contributed by atoms with Crippen LogP contribution in [0.15, 0.2) is 30.9 Å². The van der Waals surface area contributed by atoms with Crippen molar-refractivity contribution in [2.75, 3.05) is 0 Å². The highest BCUT2D eigenvalue weighted by molar-refractivity contribution is 5.62. The van der Waals surface area contributed by atoms with E-state index in [1.165, 1.54) is 36.9 Å². The average Bonchev–Trinajstić information content (AvgIpc) is 2.52. The highest BCUT2D eigenvalue weighted by atomic mass is 14.8. The van der Waals surface area contributed by atoms with Crippen molar-refractivity contribution in [3.05, 3.63) is 42.1 Å². The lowest BCUT2D eigenvalue weighted by molar-refractivity contribution is 0.736. The van der Waals surface area contributed by atoms with Gasteiger partial charge in [-0.25, -0.2) is 9.97 Å². The Hall–Kier alpha value is -1.77. The molecule has 0 bridgehead atoms. The Morgan fingerprint density at radius 1 is 1.00 bits per heavy atom. The summed E-state index contributed by atoms with van der Waals surface area (Å²) in [4.78, 5) is 13.3. The van der Waals surface area contributed by atoms with Crippen molar-refractivity contribution in [1.82, 2.24) is 15.0 Å². The first-order valence-electron chi connectivity index (χ1n) is 7.60. The normalized spacial score (nSPS) is 10.7. The molecule has 0 radical (unpaired) electrons. The van der Waals surface area contributed by atoms with E-state index in [1.807, 2.05) is 12.3 Å². The Morgan fingerprint density at radius 2 is 1.80 bits per heavy atom. The second-order valence-electron chi connectivity index (χ2n) is 5.10. The number of aryl methyl sites for hydroxylation is 1. The Bertz CT molecular complexity index is 523. The van der Waals surface area contributed by atoms with E-state index in [4.69, 9.17) is 0 Å². The van der Waals surface area contributed by atoms with Gasteiger partial charge in [0.25, 0.3) is 0 Å². The first-order chi connectivity index (χ1) is 9.86. The topological polar surface area (TPSA) is 38.7 Å². The Kier molecular flexibility index (Phi) is 5.66. The molecule has 20 heavy (non-hydrogen) atoms. The number of hydrogen-bond donors (Lipinski definition) is 0. The van der Waals surface area contributed by atoms with Crippen LogP contribution in [-0.2, 0) is 12.8 Å². The molecule has 0 amide bonds. The lowest BCUT2D eigenvalue weighted by atomic mass is 9.98. The number of pyridine rings is 1. The lowest BCUT2D eigenvalue weighted by Crippen LogP contribution is -2.03. The van der Waals surface area contributed by atoms with Gasteiger partial charge in [-0.05, 0) is 37.8 Å². The van der Waals surface area contributed by atoms with Gasteiger partial charge in [-0.1, -0.05) is 26.7 Å². The predicted octanol–water partition coefficient (Wildman–Crippen LogP) is 4.22. The van der Waals surface area contributed by atoms with Crippen LogP contribution in [0, 0.1) is 0 Å². The molecule has 0 unspecified atom stereocenters. The highest BCUT2D eigenvalue weighted by Gasteiger charge is 2.12. The molecule has 0 atom stereocenters. The number of rotatable bonds is 7. The molecule has 0 saturated carbocycles. The van der Waals surface area contributed by atoms with E-state index < -0.39 is 0 Å². The van der Waals surface area contributed by atoms with Crippen molar-refractivity contribution in [2.45, 2.75) is 52.4 Å². The SMILES string of the molecule is CCCCc1ncnc(-c2cccnc2)c1CCCC.